The predicted octanol–water partition coefficient (Wildman–Crippen LogP) is 1.82. The number of hydrogen-bond donors (Lipinski definition) is 3. The molecule has 1 atom stereocenters. The minimum absolute atomic E-state index is 0.0337. The molecule has 8 heteroatoms. The lowest BCUT2D eigenvalue weighted by atomic mass is 10.0. The second-order valence-corrected chi connectivity index (χ2v) is 7.05. The van der Waals surface area contributed by atoms with Crippen LogP contribution in [0.4, 0.5) is 4.39 Å². The minimum Gasteiger partial charge on any atom is -0.348 e. The third kappa shape index (κ3) is 4.33. The van der Waals surface area contributed by atoms with E-state index in [0.29, 0.717) is 29.9 Å². The second-order valence-electron chi connectivity index (χ2n) is 7.05. The van der Waals surface area contributed by atoms with Crippen molar-refractivity contribution < 1.29 is 14.0 Å². The first kappa shape index (κ1) is 19.9. The normalized spacial score (nSPS) is 14.9. The lowest BCUT2D eigenvalue weighted by Crippen LogP contribution is -2.56. The lowest BCUT2D eigenvalue weighted by Gasteiger charge is -2.28. The minimum atomic E-state index is -0.491. The molecule has 0 spiro atoms. The molecule has 1 aromatic carbocycles. The number of carbonyl (C=O) groups excluding carboxylic acids is 2. The molecule has 2 amide bonds. The van der Waals surface area contributed by atoms with Crippen molar-refractivity contribution in [3.63, 3.8) is 0 Å². The van der Waals surface area contributed by atoms with Crippen molar-refractivity contribution in [1.29, 1.82) is 0 Å². The molecule has 1 saturated heterocycles. The Bertz CT molecular complexity index is 881. The van der Waals surface area contributed by atoms with Gasteiger partial charge in [0.25, 0.3) is 11.8 Å². The average Bonchev–Trinajstić information content (AvgIpc) is 2.66. The third-order valence-corrected chi connectivity index (χ3v) is 4.89. The van der Waals surface area contributed by atoms with Gasteiger partial charge < -0.3 is 16.0 Å². The zero-order chi connectivity index (χ0) is 20.3. The highest BCUT2D eigenvalue weighted by Crippen LogP contribution is 2.25. The standard InChI is InChI=1S/C20H24FN5O2/c1-4-11(2)23-20(28)18-6-5-17(25-26-18)15-7-13(8-16(21)12(15)3)19(27)24-14-9-22-10-14/h5-8,11,14,22H,4,9-10H2,1-3H3,(H,23,28)(H,24,27). The molecule has 0 aliphatic carbocycles. The molecule has 7 nitrogen and oxygen atoms in total. The van der Waals surface area contributed by atoms with Crippen LogP contribution in [0.25, 0.3) is 11.3 Å². The van der Waals surface area contributed by atoms with Crippen molar-refractivity contribution in [3.8, 4) is 11.3 Å². The molecule has 1 aliphatic rings. The van der Waals surface area contributed by atoms with Gasteiger partial charge in [-0.1, -0.05) is 6.92 Å². The highest BCUT2D eigenvalue weighted by atomic mass is 19.1. The number of amides is 2. The van der Waals surface area contributed by atoms with E-state index in [2.05, 4.69) is 26.1 Å². The van der Waals surface area contributed by atoms with Gasteiger partial charge in [-0.25, -0.2) is 4.39 Å². The molecule has 1 aliphatic heterocycles. The summed E-state index contributed by atoms with van der Waals surface area (Å²) in [4.78, 5) is 24.5. The number of carbonyl (C=O) groups is 2. The molecule has 1 unspecified atom stereocenters. The maximum atomic E-state index is 14.4. The Morgan fingerprint density at radius 2 is 2.00 bits per heavy atom. The number of nitrogens with one attached hydrogen (secondary N) is 3. The molecule has 2 aromatic rings. The Morgan fingerprint density at radius 3 is 2.57 bits per heavy atom. The zero-order valence-electron chi connectivity index (χ0n) is 16.2. The predicted molar refractivity (Wildman–Crippen MR) is 104 cm³/mol. The Kier molecular flexibility index (Phi) is 5.99. The lowest BCUT2D eigenvalue weighted by molar-refractivity contribution is 0.0919. The topological polar surface area (TPSA) is 96.0 Å². The van der Waals surface area contributed by atoms with Crippen molar-refractivity contribution in [2.24, 2.45) is 0 Å². The van der Waals surface area contributed by atoms with Gasteiger partial charge >= 0.3 is 0 Å². The van der Waals surface area contributed by atoms with E-state index in [1.165, 1.54) is 6.07 Å². The summed E-state index contributed by atoms with van der Waals surface area (Å²) >= 11 is 0. The molecular weight excluding hydrogens is 361 g/mol. The van der Waals surface area contributed by atoms with E-state index in [9.17, 15) is 14.0 Å². The van der Waals surface area contributed by atoms with Gasteiger partial charge in [-0.15, -0.1) is 10.2 Å². The summed E-state index contributed by atoms with van der Waals surface area (Å²) in [6.07, 6.45) is 0.807. The number of benzene rings is 1. The summed E-state index contributed by atoms with van der Waals surface area (Å²) in [5.41, 5.74) is 1.65. The van der Waals surface area contributed by atoms with Crippen LogP contribution in [-0.2, 0) is 0 Å². The fourth-order valence-electron chi connectivity index (χ4n) is 2.73. The highest BCUT2D eigenvalue weighted by molar-refractivity contribution is 5.96. The van der Waals surface area contributed by atoms with E-state index >= 15 is 0 Å². The van der Waals surface area contributed by atoms with Crippen LogP contribution in [0.15, 0.2) is 24.3 Å². The van der Waals surface area contributed by atoms with Gasteiger partial charge in [-0.3, -0.25) is 9.59 Å². The van der Waals surface area contributed by atoms with Crippen LogP contribution in [0.5, 0.6) is 0 Å². The van der Waals surface area contributed by atoms with Crippen molar-refractivity contribution in [3.05, 3.63) is 46.9 Å². The first-order chi connectivity index (χ1) is 13.4. The fourth-order valence-corrected chi connectivity index (χ4v) is 2.73. The van der Waals surface area contributed by atoms with Crippen LogP contribution >= 0.6 is 0 Å². The summed E-state index contributed by atoms with van der Waals surface area (Å²) in [6.45, 7) is 6.91. The number of aromatic nitrogens is 2. The van der Waals surface area contributed by atoms with Crippen LogP contribution in [-0.4, -0.2) is 47.2 Å². The van der Waals surface area contributed by atoms with Gasteiger partial charge in [0.05, 0.1) is 11.7 Å². The molecule has 0 saturated carbocycles. The quantitative estimate of drug-likeness (QED) is 0.705. The number of nitrogens with zero attached hydrogens (tertiary/aromatic N) is 2. The van der Waals surface area contributed by atoms with Crippen molar-refractivity contribution in [2.45, 2.75) is 39.3 Å². The zero-order valence-corrected chi connectivity index (χ0v) is 16.2. The molecule has 0 radical (unpaired) electrons. The molecule has 148 valence electrons. The van der Waals surface area contributed by atoms with Gasteiger partial charge in [0.2, 0.25) is 0 Å². The van der Waals surface area contributed by atoms with Gasteiger partial charge in [0, 0.05) is 30.3 Å². The molecule has 1 aromatic heterocycles. The maximum absolute atomic E-state index is 14.4. The van der Waals surface area contributed by atoms with Crippen molar-refractivity contribution >= 4 is 11.8 Å². The van der Waals surface area contributed by atoms with Crippen LogP contribution in [0.2, 0.25) is 0 Å². The monoisotopic (exact) mass is 385 g/mol. The van der Waals surface area contributed by atoms with Crippen LogP contribution in [0.1, 0.15) is 46.7 Å². The maximum Gasteiger partial charge on any atom is 0.272 e. The summed E-state index contributed by atoms with van der Waals surface area (Å²) in [6, 6.07) is 6.07. The number of halogens is 1. The Labute approximate surface area is 163 Å². The van der Waals surface area contributed by atoms with Gasteiger partial charge in [-0.05, 0) is 50.1 Å². The van der Waals surface area contributed by atoms with E-state index < -0.39 is 5.82 Å². The molecule has 3 N–H and O–H groups in total. The molecular formula is C20H24FN5O2. The second kappa shape index (κ2) is 8.43. The molecule has 1 fully saturated rings. The molecule has 0 bridgehead atoms. The van der Waals surface area contributed by atoms with Crippen LogP contribution in [0, 0.1) is 12.7 Å². The summed E-state index contributed by atoms with van der Waals surface area (Å²) in [5.74, 6) is -1.13. The number of rotatable bonds is 6. The van der Waals surface area contributed by atoms with Gasteiger partial charge in [-0.2, -0.15) is 0 Å². The molecule has 3 rings (SSSR count). The van der Waals surface area contributed by atoms with Gasteiger partial charge in [0.1, 0.15) is 5.82 Å². The van der Waals surface area contributed by atoms with Gasteiger partial charge in [0.15, 0.2) is 5.69 Å². The van der Waals surface area contributed by atoms with E-state index in [-0.39, 0.29) is 35.2 Å². The third-order valence-electron chi connectivity index (χ3n) is 4.89. The van der Waals surface area contributed by atoms with Crippen molar-refractivity contribution in [2.75, 3.05) is 13.1 Å². The summed E-state index contributed by atoms with van der Waals surface area (Å²) < 4.78 is 14.4. The van der Waals surface area contributed by atoms with E-state index in [1.807, 2.05) is 13.8 Å². The first-order valence-electron chi connectivity index (χ1n) is 9.35. The van der Waals surface area contributed by atoms with Crippen LogP contribution < -0.4 is 16.0 Å². The molecule has 2 heterocycles. The largest absolute Gasteiger partial charge is 0.348 e. The van der Waals surface area contributed by atoms with Crippen molar-refractivity contribution in [1.82, 2.24) is 26.1 Å². The summed E-state index contributed by atoms with van der Waals surface area (Å²) in [7, 11) is 0. The van der Waals surface area contributed by atoms with E-state index in [4.69, 9.17) is 0 Å². The highest BCUT2D eigenvalue weighted by Gasteiger charge is 2.21. The number of hydrogen-bond acceptors (Lipinski definition) is 5. The smallest absolute Gasteiger partial charge is 0.272 e. The summed E-state index contributed by atoms with van der Waals surface area (Å²) in [5, 5.41) is 16.8. The Balaban J connectivity index is 1.83. The SMILES string of the molecule is CCC(C)NC(=O)c1ccc(-c2cc(C(=O)NC3CNC3)cc(F)c2C)nn1. The van der Waals surface area contributed by atoms with Crippen LogP contribution in [0.3, 0.4) is 0 Å². The Morgan fingerprint density at radius 1 is 1.25 bits per heavy atom. The van der Waals surface area contributed by atoms with E-state index in [0.717, 1.165) is 6.42 Å². The molecule has 28 heavy (non-hydrogen) atoms. The van der Waals surface area contributed by atoms with E-state index in [1.54, 1.807) is 25.1 Å². The first-order valence-corrected chi connectivity index (χ1v) is 9.35. The fraction of sp³-hybridized carbons (Fsp3) is 0.400. The Hall–Kier alpha value is -2.87. The average molecular weight is 385 g/mol.